The highest BCUT2D eigenvalue weighted by atomic mass is 16.3. The zero-order chi connectivity index (χ0) is 12.0. The van der Waals surface area contributed by atoms with Crippen LogP contribution in [0.4, 0.5) is 0 Å². The van der Waals surface area contributed by atoms with E-state index in [0.717, 1.165) is 25.7 Å². The SMILES string of the molecule is Cc1occc1C(=O)N1C2CCC1CC(N)C2. The zero-order valence-corrected chi connectivity index (χ0v) is 10.1. The predicted molar refractivity (Wildman–Crippen MR) is 63.6 cm³/mol. The molecule has 2 bridgehead atoms. The zero-order valence-electron chi connectivity index (χ0n) is 10.1. The molecule has 0 saturated carbocycles. The lowest BCUT2D eigenvalue weighted by Gasteiger charge is -2.37. The van der Waals surface area contributed by atoms with Crippen molar-refractivity contribution in [2.24, 2.45) is 5.73 Å². The average molecular weight is 234 g/mol. The van der Waals surface area contributed by atoms with Crippen LogP contribution in [0.2, 0.25) is 0 Å². The van der Waals surface area contributed by atoms with Crippen molar-refractivity contribution in [2.75, 3.05) is 0 Å². The molecule has 0 aromatic carbocycles. The first kappa shape index (κ1) is 10.8. The van der Waals surface area contributed by atoms with Crippen molar-refractivity contribution in [1.29, 1.82) is 0 Å². The van der Waals surface area contributed by atoms with Crippen LogP contribution >= 0.6 is 0 Å². The summed E-state index contributed by atoms with van der Waals surface area (Å²) >= 11 is 0. The first-order valence-electron chi connectivity index (χ1n) is 6.29. The van der Waals surface area contributed by atoms with Gasteiger partial charge < -0.3 is 15.1 Å². The fourth-order valence-electron chi connectivity index (χ4n) is 3.30. The molecular formula is C13H18N2O2. The Kier molecular flexibility index (Phi) is 2.47. The van der Waals surface area contributed by atoms with Gasteiger partial charge in [0.2, 0.25) is 0 Å². The van der Waals surface area contributed by atoms with E-state index in [9.17, 15) is 4.79 Å². The Morgan fingerprint density at radius 2 is 2.06 bits per heavy atom. The molecule has 0 radical (unpaired) electrons. The summed E-state index contributed by atoms with van der Waals surface area (Å²) in [6.45, 7) is 1.84. The number of amides is 1. The van der Waals surface area contributed by atoms with Crippen LogP contribution in [0.3, 0.4) is 0 Å². The normalized spacial score (nSPS) is 31.9. The minimum absolute atomic E-state index is 0.121. The van der Waals surface area contributed by atoms with E-state index >= 15 is 0 Å². The molecule has 92 valence electrons. The van der Waals surface area contributed by atoms with E-state index in [1.54, 1.807) is 12.3 Å². The Morgan fingerprint density at radius 3 is 2.59 bits per heavy atom. The molecule has 4 nitrogen and oxygen atoms in total. The Hall–Kier alpha value is -1.29. The van der Waals surface area contributed by atoms with Crippen LogP contribution in [-0.4, -0.2) is 28.9 Å². The largest absolute Gasteiger partial charge is 0.469 e. The maximum atomic E-state index is 12.5. The molecule has 2 saturated heterocycles. The summed E-state index contributed by atoms with van der Waals surface area (Å²) in [6.07, 6.45) is 5.67. The number of carbonyl (C=O) groups excluding carboxylic acids is 1. The van der Waals surface area contributed by atoms with Crippen molar-refractivity contribution in [3.05, 3.63) is 23.7 Å². The van der Waals surface area contributed by atoms with Gasteiger partial charge in [0, 0.05) is 18.1 Å². The Labute approximate surface area is 101 Å². The summed E-state index contributed by atoms with van der Waals surface area (Å²) < 4.78 is 5.22. The third-order valence-corrected chi connectivity index (χ3v) is 4.09. The molecule has 1 aromatic heterocycles. The lowest BCUT2D eigenvalue weighted by atomic mass is 9.97. The molecular weight excluding hydrogens is 216 g/mol. The van der Waals surface area contributed by atoms with Crippen LogP contribution in [0.25, 0.3) is 0 Å². The van der Waals surface area contributed by atoms with Crippen LogP contribution in [-0.2, 0) is 0 Å². The highest BCUT2D eigenvalue weighted by Crippen LogP contribution is 2.36. The highest BCUT2D eigenvalue weighted by Gasteiger charge is 2.42. The van der Waals surface area contributed by atoms with E-state index in [4.69, 9.17) is 10.2 Å². The van der Waals surface area contributed by atoms with Crippen molar-refractivity contribution < 1.29 is 9.21 Å². The minimum Gasteiger partial charge on any atom is -0.469 e. The number of aryl methyl sites for hydroxylation is 1. The standard InChI is InChI=1S/C13H18N2O2/c1-8-12(4-5-17-8)13(16)15-10-2-3-11(15)7-9(14)6-10/h4-5,9-11H,2-3,6-7,14H2,1H3. The van der Waals surface area contributed by atoms with Gasteiger partial charge >= 0.3 is 0 Å². The van der Waals surface area contributed by atoms with Crippen molar-refractivity contribution >= 4 is 5.91 Å². The van der Waals surface area contributed by atoms with Gasteiger partial charge in [0.05, 0.1) is 11.8 Å². The molecule has 0 aliphatic carbocycles. The van der Waals surface area contributed by atoms with Crippen molar-refractivity contribution in [1.82, 2.24) is 4.90 Å². The first-order valence-corrected chi connectivity index (χ1v) is 6.29. The minimum atomic E-state index is 0.121. The lowest BCUT2D eigenvalue weighted by molar-refractivity contribution is 0.0573. The van der Waals surface area contributed by atoms with Gasteiger partial charge in [-0.05, 0) is 38.7 Å². The van der Waals surface area contributed by atoms with E-state index in [-0.39, 0.29) is 11.9 Å². The summed E-state index contributed by atoms with van der Waals surface area (Å²) in [5.74, 6) is 0.833. The van der Waals surface area contributed by atoms with E-state index in [0.29, 0.717) is 23.4 Å². The highest BCUT2D eigenvalue weighted by molar-refractivity contribution is 5.95. The van der Waals surface area contributed by atoms with E-state index in [1.807, 2.05) is 11.8 Å². The van der Waals surface area contributed by atoms with Gasteiger partial charge in [-0.3, -0.25) is 4.79 Å². The summed E-state index contributed by atoms with van der Waals surface area (Å²) in [5.41, 5.74) is 6.72. The molecule has 4 heteroatoms. The fraction of sp³-hybridized carbons (Fsp3) is 0.615. The van der Waals surface area contributed by atoms with Crippen molar-refractivity contribution in [3.8, 4) is 0 Å². The summed E-state index contributed by atoms with van der Waals surface area (Å²) in [7, 11) is 0. The molecule has 2 aliphatic rings. The Bertz CT molecular complexity index is 426. The number of hydrogen-bond acceptors (Lipinski definition) is 3. The Balaban J connectivity index is 1.86. The third-order valence-electron chi connectivity index (χ3n) is 4.09. The predicted octanol–water partition coefficient (Wildman–Crippen LogP) is 1.68. The van der Waals surface area contributed by atoms with Crippen LogP contribution in [0, 0.1) is 6.92 Å². The number of fused-ring (bicyclic) bond motifs is 2. The van der Waals surface area contributed by atoms with E-state index < -0.39 is 0 Å². The first-order chi connectivity index (χ1) is 8.16. The number of nitrogens with two attached hydrogens (primary N) is 1. The van der Waals surface area contributed by atoms with Gasteiger partial charge in [0.1, 0.15) is 5.76 Å². The second-order valence-corrected chi connectivity index (χ2v) is 5.22. The Morgan fingerprint density at radius 1 is 1.41 bits per heavy atom. The molecule has 1 aromatic rings. The maximum Gasteiger partial charge on any atom is 0.257 e. The molecule has 2 unspecified atom stereocenters. The van der Waals surface area contributed by atoms with Gasteiger partial charge in [0.15, 0.2) is 0 Å². The lowest BCUT2D eigenvalue weighted by Crippen LogP contribution is -2.50. The van der Waals surface area contributed by atoms with Crippen LogP contribution in [0.15, 0.2) is 16.7 Å². The molecule has 17 heavy (non-hydrogen) atoms. The number of rotatable bonds is 1. The fourth-order valence-corrected chi connectivity index (χ4v) is 3.30. The van der Waals surface area contributed by atoms with Crippen molar-refractivity contribution in [3.63, 3.8) is 0 Å². The molecule has 3 rings (SSSR count). The third kappa shape index (κ3) is 1.67. The second kappa shape index (κ2) is 3.88. The van der Waals surface area contributed by atoms with Gasteiger partial charge in [-0.15, -0.1) is 0 Å². The van der Waals surface area contributed by atoms with E-state index in [1.165, 1.54) is 0 Å². The van der Waals surface area contributed by atoms with Gasteiger partial charge in [-0.2, -0.15) is 0 Å². The number of hydrogen-bond donors (Lipinski definition) is 1. The number of carbonyl (C=O) groups is 1. The van der Waals surface area contributed by atoms with Crippen LogP contribution in [0.5, 0.6) is 0 Å². The molecule has 2 N–H and O–H groups in total. The van der Waals surface area contributed by atoms with Crippen LogP contribution < -0.4 is 5.73 Å². The molecule has 0 spiro atoms. The molecule has 2 aliphatic heterocycles. The molecule has 2 fully saturated rings. The maximum absolute atomic E-state index is 12.5. The molecule has 2 atom stereocenters. The van der Waals surface area contributed by atoms with Crippen molar-refractivity contribution in [2.45, 2.75) is 50.7 Å². The average Bonchev–Trinajstić information content (AvgIpc) is 2.81. The second-order valence-electron chi connectivity index (χ2n) is 5.22. The topological polar surface area (TPSA) is 59.5 Å². The molecule has 1 amide bonds. The quantitative estimate of drug-likeness (QED) is 0.804. The van der Waals surface area contributed by atoms with Gasteiger partial charge in [-0.1, -0.05) is 0 Å². The monoisotopic (exact) mass is 234 g/mol. The summed E-state index contributed by atoms with van der Waals surface area (Å²) in [4.78, 5) is 14.5. The van der Waals surface area contributed by atoms with E-state index in [2.05, 4.69) is 0 Å². The summed E-state index contributed by atoms with van der Waals surface area (Å²) in [5, 5.41) is 0. The number of furan rings is 1. The smallest absolute Gasteiger partial charge is 0.257 e. The van der Waals surface area contributed by atoms with Crippen LogP contribution in [0.1, 0.15) is 41.8 Å². The van der Waals surface area contributed by atoms with Gasteiger partial charge in [-0.25, -0.2) is 0 Å². The number of nitrogens with zero attached hydrogens (tertiary/aromatic N) is 1. The summed E-state index contributed by atoms with van der Waals surface area (Å²) in [6, 6.07) is 2.71. The van der Waals surface area contributed by atoms with Gasteiger partial charge in [0.25, 0.3) is 5.91 Å². The number of piperidine rings is 1. The molecule has 3 heterocycles.